The Morgan fingerprint density at radius 3 is 2.55 bits per heavy atom. The van der Waals surface area contributed by atoms with E-state index in [-0.39, 0.29) is 25.7 Å². The van der Waals surface area contributed by atoms with E-state index in [2.05, 4.69) is 17.1 Å². The van der Waals surface area contributed by atoms with E-state index < -0.39 is 11.7 Å². The van der Waals surface area contributed by atoms with Crippen molar-refractivity contribution in [2.75, 3.05) is 37.8 Å². The Morgan fingerprint density at radius 2 is 1.90 bits per heavy atom. The summed E-state index contributed by atoms with van der Waals surface area (Å²) in [6.45, 7) is 5.22. The van der Waals surface area contributed by atoms with Crippen molar-refractivity contribution in [2.24, 2.45) is 0 Å². The van der Waals surface area contributed by atoms with Gasteiger partial charge in [0.15, 0.2) is 0 Å². The summed E-state index contributed by atoms with van der Waals surface area (Å²) >= 11 is 5.98. The van der Waals surface area contributed by atoms with Crippen LogP contribution in [0.15, 0.2) is 47.4 Å². The van der Waals surface area contributed by atoms with Crippen LogP contribution in [0.2, 0.25) is 5.02 Å². The minimum atomic E-state index is -2.48. The van der Waals surface area contributed by atoms with E-state index in [1.165, 1.54) is 0 Å². The zero-order chi connectivity index (χ0) is 21.9. The summed E-state index contributed by atoms with van der Waals surface area (Å²) in [4.78, 5) is 16.1. The summed E-state index contributed by atoms with van der Waals surface area (Å²) in [5.74, 6) is 0.916. The Labute approximate surface area is 197 Å². The first-order valence-corrected chi connectivity index (χ1v) is 17.2. The van der Waals surface area contributed by atoms with Gasteiger partial charge in [0.2, 0.25) is 5.91 Å². The van der Waals surface area contributed by atoms with E-state index in [1.807, 2.05) is 48.7 Å². The van der Waals surface area contributed by atoms with Gasteiger partial charge in [-0.25, -0.2) is 0 Å². The van der Waals surface area contributed by atoms with Gasteiger partial charge in [-0.05, 0) is 23.8 Å². The van der Waals surface area contributed by atoms with Crippen LogP contribution in [0.3, 0.4) is 0 Å². The zero-order valence-corrected chi connectivity index (χ0v) is 21.4. The molecule has 1 N–H and O–H groups in total. The number of piperidine rings is 1. The summed E-state index contributed by atoms with van der Waals surface area (Å²) < 4.78 is 19.5. The molecule has 168 valence electrons. The third-order valence-electron chi connectivity index (χ3n) is 7.00. The molecule has 2 saturated heterocycles. The summed E-state index contributed by atoms with van der Waals surface area (Å²) in [5, 5.41) is 3.71. The first-order chi connectivity index (χ1) is 14.7. The molecule has 2 aromatic rings. The molecule has 5 rings (SSSR count). The zero-order valence-electron chi connectivity index (χ0n) is 17.7. The van der Waals surface area contributed by atoms with Crippen LogP contribution in [0.25, 0.3) is 0 Å². The summed E-state index contributed by atoms with van der Waals surface area (Å²) in [7, 11) is 0. The second-order valence-electron chi connectivity index (χ2n) is 8.81. The molecular weight excluding hydrogens is 547 g/mol. The molecule has 1 spiro atoms. The van der Waals surface area contributed by atoms with E-state index >= 15 is 0 Å². The maximum absolute atomic E-state index is 13.2. The summed E-state index contributed by atoms with van der Waals surface area (Å²) in [6.07, 6.45) is 1.06. The Balaban J connectivity index is 1.15. The Morgan fingerprint density at radius 1 is 1.23 bits per heavy atom. The fourth-order valence-corrected chi connectivity index (χ4v) is 17.1. The summed E-state index contributed by atoms with van der Waals surface area (Å²) in [6, 6.07) is 13.5. The van der Waals surface area contributed by atoms with Crippen LogP contribution in [0.5, 0.6) is 5.75 Å². The molecule has 0 aromatic heterocycles. The van der Waals surface area contributed by atoms with Crippen molar-refractivity contribution in [2.45, 2.75) is 33.3 Å². The molecule has 0 radical (unpaired) electrons. The Kier molecular flexibility index (Phi) is 5.20. The second kappa shape index (κ2) is 7.43. The number of likely N-dealkylation sites (tertiary alicyclic amines) is 1. The fourth-order valence-electron chi connectivity index (χ4n) is 4.72. The third-order valence-corrected chi connectivity index (χ3v) is 22.7. The van der Waals surface area contributed by atoms with Crippen molar-refractivity contribution in [3.8, 4) is 5.75 Å². The van der Waals surface area contributed by atoms with Gasteiger partial charge in [0.1, 0.15) is 0 Å². The third kappa shape index (κ3) is 3.61. The molecule has 8 heteroatoms. The normalized spacial score (nSPS) is 26.7. The quantitative estimate of drug-likeness (QED) is 0.250. The molecular formula is C23H27ClIN2O3S-. The standard InChI is InChI=1S/C23H27ClIN2O3S/c1-16-25-31(16,2,29)19-6-4-18(5-7-19)30-14-13-27-11-9-23(10-12-27)20-15-17(24)3-8-21(20)26-22(23)28/h3-8,15-16H,9-14H2,1-2H3,(H,26,28)/q-1. The van der Waals surface area contributed by atoms with Crippen LogP contribution >= 0.6 is 11.6 Å². The van der Waals surface area contributed by atoms with Crippen LogP contribution in [-0.4, -0.2) is 50.8 Å². The first kappa shape index (κ1) is 21.7. The molecule has 3 aliphatic heterocycles. The predicted molar refractivity (Wildman–Crippen MR) is 121 cm³/mol. The van der Waals surface area contributed by atoms with E-state index in [4.69, 9.17) is 16.3 Å². The Bertz CT molecular complexity index is 1110. The van der Waals surface area contributed by atoms with Gasteiger partial charge in [-0.1, -0.05) is 11.6 Å². The number of carbonyl (C=O) groups excluding carboxylic acids is 1. The van der Waals surface area contributed by atoms with Crippen molar-refractivity contribution in [1.29, 1.82) is 0 Å². The van der Waals surface area contributed by atoms with E-state index in [9.17, 15) is 9.00 Å². The van der Waals surface area contributed by atoms with Gasteiger partial charge in [0.25, 0.3) is 0 Å². The van der Waals surface area contributed by atoms with Gasteiger partial charge in [0, 0.05) is 10.7 Å². The van der Waals surface area contributed by atoms with E-state index in [0.29, 0.717) is 14.9 Å². The van der Waals surface area contributed by atoms with Crippen LogP contribution in [-0.2, 0) is 16.4 Å². The van der Waals surface area contributed by atoms with Gasteiger partial charge in [0.05, 0.1) is 0 Å². The van der Waals surface area contributed by atoms with Crippen LogP contribution in [0.1, 0.15) is 25.3 Å². The van der Waals surface area contributed by atoms with Crippen molar-refractivity contribution < 1.29 is 33.6 Å². The van der Waals surface area contributed by atoms with E-state index in [0.717, 1.165) is 54.4 Å². The molecule has 1 amide bonds. The molecule has 1 unspecified atom stereocenters. The van der Waals surface area contributed by atoms with Gasteiger partial charge in [-0.15, -0.1) is 0 Å². The number of rotatable bonds is 5. The van der Waals surface area contributed by atoms with E-state index in [1.54, 1.807) is 0 Å². The topological polar surface area (TPSA) is 58.6 Å². The van der Waals surface area contributed by atoms with Crippen molar-refractivity contribution in [1.82, 2.24) is 4.90 Å². The number of fused-ring (bicyclic) bond motifs is 2. The minimum absolute atomic E-state index is 0.0979. The molecule has 1 atom stereocenters. The van der Waals surface area contributed by atoms with Crippen LogP contribution in [0, 0.1) is 0 Å². The van der Waals surface area contributed by atoms with Crippen molar-refractivity contribution in [3.63, 3.8) is 0 Å². The first-order valence-electron chi connectivity index (χ1n) is 10.6. The number of alkyl halides is 1. The number of hydrogen-bond acceptors (Lipinski definition) is 4. The number of benzene rings is 2. The van der Waals surface area contributed by atoms with Crippen molar-refractivity contribution >= 4 is 29.4 Å². The number of nitrogens with zero attached hydrogens (tertiary/aromatic N) is 1. The molecule has 2 fully saturated rings. The van der Waals surface area contributed by atoms with Gasteiger partial charge < -0.3 is 5.32 Å². The SMILES string of the molecule is CC1[I-]S1(C)(=O)c1ccc(OCCN2CCC3(CC2)C(=O)Nc2ccc(Cl)cc23)cc1. The number of hydrogen-bond donors (Lipinski definition) is 1. The monoisotopic (exact) mass is 573 g/mol. The fraction of sp³-hybridized carbons (Fsp3) is 0.435. The van der Waals surface area contributed by atoms with Crippen molar-refractivity contribution in [3.05, 3.63) is 53.1 Å². The average molecular weight is 574 g/mol. The second-order valence-corrected chi connectivity index (χ2v) is 24.0. The number of carbonyl (C=O) groups is 1. The molecule has 31 heavy (non-hydrogen) atoms. The number of halogens is 2. The molecule has 0 aliphatic carbocycles. The molecule has 0 saturated carbocycles. The molecule has 2 aromatic carbocycles. The number of nitrogens with one attached hydrogen (secondary N) is 1. The molecule has 0 bridgehead atoms. The number of anilines is 1. The summed E-state index contributed by atoms with van der Waals surface area (Å²) in [5.41, 5.74) is 1.48. The van der Waals surface area contributed by atoms with Crippen LogP contribution in [0.4, 0.5) is 5.69 Å². The van der Waals surface area contributed by atoms with Gasteiger partial charge in [-0.3, -0.25) is 4.79 Å². The predicted octanol–water partition coefficient (Wildman–Crippen LogP) is 0.877. The average Bonchev–Trinajstić information content (AvgIpc) is 3.18. The maximum atomic E-state index is 13.2. The molecule has 3 heterocycles. The van der Waals surface area contributed by atoms with Crippen LogP contribution < -0.4 is 29.9 Å². The van der Waals surface area contributed by atoms with Gasteiger partial charge in [-0.2, -0.15) is 0 Å². The molecule has 5 nitrogen and oxygen atoms in total. The molecule has 3 aliphatic rings. The number of amides is 1. The number of ether oxygens (including phenoxy) is 1. The van der Waals surface area contributed by atoms with Gasteiger partial charge >= 0.3 is 136 Å². The Hall–Kier alpha value is -1.16.